The standard InChI is InChI=1S/C16H22N2O3/c1-10(18-9-16(2,3)15(17)19)13-8-11-6-5-7-12(20-4)14(11)21-13/h5-8,10,18H,9H2,1-4H3,(H2,17,19). The predicted octanol–water partition coefficient (Wildman–Crippen LogP) is 2.60. The van der Waals surface area contributed by atoms with Crippen LogP contribution in [0.5, 0.6) is 5.75 Å². The van der Waals surface area contributed by atoms with Gasteiger partial charge < -0.3 is 20.2 Å². The Bertz CT molecular complexity index is 646. The number of furan rings is 1. The molecule has 2 aromatic rings. The van der Waals surface area contributed by atoms with Crippen LogP contribution in [-0.4, -0.2) is 19.6 Å². The molecule has 2 rings (SSSR count). The van der Waals surface area contributed by atoms with Gasteiger partial charge in [0.1, 0.15) is 5.76 Å². The molecule has 1 aromatic carbocycles. The van der Waals surface area contributed by atoms with Crippen molar-refractivity contribution in [2.75, 3.05) is 13.7 Å². The third kappa shape index (κ3) is 3.19. The molecule has 0 aliphatic rings. The number of hydrogen-bond donors (Lipinski definition) is 2. The quantitative estimate of drug-likeness (QED) is 0.857. The van der Waals surface area contributed by atoms with Crippen LogP contribution in [0.3, 0.4) is 0 Å². The number of methoxy groups -OCH3 is 1. The van der Waals surface area contributed by atoms with Crippen molar-refractivity contribution in [1.29, 1.82) is 0 Å². The summed E-state index contributed by atoms with van der Waals surface area (Å²) >= 11 is 0. The molecular formula is C16H22N2O3. The lowest BCUT2D eigenvalue weighted by molar-refractivity contribution is -0.125. The van der Waals surface area contributed by atoms with E-state index in [1.807, 2.05) is 45.0 Å². The van der Waals surface area contributed by atoms with Crippen molar-refractivity contribution >= 4 is 16.9 Å². The number of nitrogens with one attached hydrogen (secondary N) is 1. The van der Waals surface area contributed by atoms with Crippen molar-refractivity contribution in [3.63, 3.8) is 0 Å². The highest BCUT2D eigenvalue weighted by molar-refractivity contribution is 5.83. The van der Waals surface area contributed by atoms with Gasteiger partial charge in [-0.3, -0.25) is 4.79 Å². The lowest BCUT2D eigenvalue weighted by Crippen LogP contribution is -2.41. The molecule has 0 radical (unpaired) electrons. The number of ether oxygens (including phenoxy) is 1. The van der Waals surface area contributed by atoms with Crippen molar-refractivity contribution in [3.8, 4) is 5.75 Å². The van der Waals surface area contributed by atoms with Crippen LogP contribution in [0.1, 0.15) is 32.6 Å². The minimum Gasteiger partial charge on any atom is -0.493 e. The maximum atomic E-state index is 11.3. The summed E-state index contributed by atoms with van der Waals surface area (Å²) in [6.07, 6.45) is 0. The molecule has 0 fully saturated rings. The normalized spacial score (nSPS) is 13.3. The Hall–Kier alpha value is -2.01. The van der Waals surface area contributed by atoms with Gasteiger partial charge in [-0.2, -0.15) is 0 Å². The first-order valence-electron chi connectivity index (χ1n) is 6.95. The number of fused-ring (bicyclic) bond motifs is 1. The minimum absolute atomic E-state index is 0.0271. The third-order valence-electron chi connectivity index (χ3n) is 3.69. The van der Waals surface area contributed by atoms with Gasteiger partial charge >= 0.3 is 0 Å². The van der Waals surface area contributed by atoms with Gasteiger partial charge in [-0.15, -0.1) is 0 Å². The monoisotopic (exact) mass is 290 g/mol. The number of primary amides is 1. The summed E-state index contributed by atoms with van der Waals surface area (Å²) in [5.74, 6) is 1.19. The van der Waals surface area contributed by atoms with Gasteiger partial charge in [-0.25, -0.2) is 0 Å². The zero-order chi connectivity index (χ0) is 15.6. The zero-order valence-electron chi connectivity index (χ0n) is 12.9. The highest BCUT2D eigenvalue weighted by Crippen LogP contribution is 2.31. The summed E-state index contributed by atoms with van der Waals surface area (Å²) in [5, 5.41) is 4.28. The number of hydrogen-bond acceptors (Lipinski definition) is 4. The van der Waals surface area contributed by atoms with Gasteiger partial charge in [0.25, 0.3) is 0 Å². The van der Waals surface area contributed by atoms with Crippen molar-refractivity contribution in [2.45, 2.75) is 26.8 Å². The lowest BCUT2D eigenvalue weighted by atomic mass is 9.92. The molecule has 0 spiro atoms. The van der Waals surface area contributed by atoms with Crippen LogP contribution in [0.25, 0.3) is 11.0 Å². The Morgan fingerprint density at radius 2 is 2.19 bits per heavy atom. The summed E-state index contributed by atoms with van der Waals surface area (Å²) < 4.78 is 11.2. The molecule has 1 aromatic heterocycles. The van der Waals surface area contributed by atoms with Gasteiger partial charge in [0, 0.05) is 11.9 Å². The van der Waals surface area contributed by atoms with Crippen LogP contribution in [-0.2, 0) is 4.79 Å². The van der Waals surface area contributed by atoms with E-state index in [2.05, 4.69) is 5.32 Å². The largest absolute Gasteiger partial charge is 0.493 e. The second-order valence-electron chi connectivity index (χ2n) is 5.88. The number of rotatable bonds is 6. The molecule has 5 nitrogen and oxygen atoms in total. The number of carbonyl (C=O) groups excluding carboxylic acids is 1. The van der Waals surface area contributed by atoms with Gasteiger partial charge in [0.05, 0.1) is 18.6 Å². The average Bonchev–Trinajstić information content (AvgIpc) is 2.88. The SMILES string of the molecule is COc1cccc2cc(C(C)NCC(C)(C)C(N)=O)oc12. The van der Waals surface area contributed by atoms with Gasteiger partial charge in [0.2, 0.25) is 5.91 Å². The predicted molar refractivity (Wildman–Crippen MR) is 82.2 cm³/mol. The molecule has 21 heavy (non-hydrogen) atoms. The third-order valence-corrected chi connectivity index (χ3v) is 3.69. The first-order valence-corrected chi connectivity index (χ1v) is 6.95. The minimum atomic E-state index is -0.599. The van der Waals surface area contributed by atoms with Crippen LogP contribution in [0.4, 0.5) is 0 Å². The molecule has 0 bridgehead atoms. The van der Waals surface area contributed by atoms with Crippen LogP contribution in [0, 0.1) is 5.41 Å². The summed E-state index contributed by atoms with van der Waals surface area (Å²) in [7, 11) is 1.62. The Kier molecular flexibility index (Phi) is 4.23. The van der Waals surface area contributed by atoms with Gasteiger partial charge in [0.15, 0.2) is 11.3 Å². The van der Waals surface area contributed by atoms with E-state index in [0.29, 0.717) is 12.3 Å². The highest BCUT2D eigenvalue weighted by atomic mass is 16.5. The lowest BCUT2D eigenvalue weighted by Gasteiger charge is -2.23. The number of para-hydroxylation sites is 1. The van der Waals surface area contributed by atoms with E-state index < -0.39 is 5.41 Å². The molecule has 0 saturated carbocycles. The van der Waals surface area contributed by atoms with E-state index in [-0.39, 0.29) is 11.9 Å². The van der Waals surface area contributed by atoms with E-state index >= 15 is 0 Å². The second-order valence-corrected chi connectivity index (χ2v) is 5.88. The zero-order valence-corrected chi connectivity index (χ0v) is 12.9. The van der Waals surface area contributed by atoms with Crippen molar-refractivity contribution in [1.82, 2.24) is 5.32 Å². The van der Waals surface area contributed by atoms with Crippen LogP contribution < -0.4 is 15.8 Å². The molecular weight excluding hydrogens is 268 g/mol. The Morgan fingerprint density at radius 3 is 2.81 bits per heavy atom. The molecule has 0 aliphatic carbocycles. The maximum absolute atomic E-state index is 11.3. The molecule has 1 amide bonds. The molecule has 0 aliphatic heterocycles. The summed E-state index contributed by atoms with van der Waals surface area (Å²) in [4.78, 5) is 11.3. The van der Waals surface area contributed by atoms with Crippen molar-refractivity contribution in [3.05, 3.63) is 30.0 Å². The number of carbonyl (C=O) groups is 1. The fourth-order valence-corrected chi connectivity index (χ4v) is 2.03. The van der Waals surface area contributed by atoms with Crippen LogP contribution in [0.15, 0.2) is 28.7 Å². The fraction of sp³-hybridized carbons (Fsp3) is 0.438. The summed E-state index contributed by atoms with van der Waals surface area (Å²) in [6.45, 7) is 6.10. The molecule has 0 saturated heterocycles. The summed E-state index contributed by atoms with van der Waals surface area (Å²) in [5.41, 5.74) is 5.51. The van der Waals surface area contributed by atoms with E-state index in [4.69, 9.17) is 14.9 Å². The Balaban J connectivity index is 2.17. The summed E-state index contributed by atoms with van der Waals surface area (Å²) in [6, 6.07) is 7.72. The first kappa shape index (κ1) is 15.4. The molecule has 5 heteroatoms. The van der Waals surface area contributed by atoms with Gasteiger partial charge in [-0.05, 0) is 32.9 Å². The second kappa shape index (κ2) is 5.77. The Labute approximate surface area is 124 Å². The highest BCUT2D eigenvalue weighted by Gasteiger charge is 2.26. The maximum Gasteiger partial charge on any atom is 0.224 e. The first-order chi connectivity index (χ1) is 9.85. The number of benzene rings is 1. The molecule has 114 valence electrons. The Morgan fingerprint density at radius 1 is 1.48 bits per heavy atom. The van der Waals surface area contributed by atoms with E-state index in [0.717, 1.165) is 16.7 Å². The smallest absolute Gasteiger partial charge is 0.224 e. The van der Waals surface area contributed by atoms with Crippen molar-refractivity contribution < 1.29 is 13.9 Å². The molecule has 1 unspecified atom stereocenters. The van der Waals surface area contributed by atoms with Gasteiger partial charge in [-0.1, -0.05) is 12.1 Å². The topological polar surface area (TPSA) is 77.5 Å². The van der Waals surface area contributed by atoms with E-state index in [1.165, 1.54) is 0 Å². The van der Waals surface area contributed by atoms with E-state index in [9.17, 15) is 4.79 Å². The molecule has 3 N–H and O–H groups in total. The number of amides is 1. The van der Waals surface area contributed by atoms with Crippen LogP contribution in [0.2, 0.25) is 0 Å². The fourth-order valence-electron chi connectivity index (χ4n) is 2.03. The van der Waals surface area contributed by atoms with Crippen molar-refractivity contribution in [2.24, 2.45) is 11.1 Å². The van der Waals surface area contributed by atoms with Crippen LogP contribution >= 0.6 is 0 Å². The number of nitrogens with two attached hydrogens (primary N) is 1. The molecule has 1 heterocycles. The van der Waals surface area contributed by atoms with E-state index in [1.54, 1.807) is 7.11 Å². The average molecular weight is 290 g/mol. The molecule has 1 atom stereocenters.